The molecule has 2 aliphatic heterocycles. The lowest BCUT2D eigenvalue weighted by Gasteiger charge is -2.40. The summed E-state index contributed by atoms with van der Waals surface area (Å²) >= 11 is 0. The van der Waals surface area contributed by atoms with Gasteiger partial charge in [-0.05, 0) is 43.7 Å². The number of aryl methyl sites for hydroxylation is 2. The molecular weight excluding hydrogens is 468 g/mol. The lowest BCUT2D eigenvalue weighted by Crippen LogP contribution is -2.47. The molecule has 1 amide bonds. The van der Waals surface area contributed by atoms with Gasteiger partial charge in [-0.15, -0.1) is 0 Å². The molecule has 0 aliphatic carbocycles. The number of benzene rings is 2. The minimum atomic E-state index is -0.838. The molecule has 190 valence electrons. The molecule has 0 radical (unpaired) electrons. The molecular formula is C28H30N6O3. The van der Waals surface area contributed by atoms with E-state index in [1.165, 1.54) is 0 Å². The van der Waals surface area contributed by atoms with Crippen molar-refractivity contribution in [2.45, 2.75) is 32.5 Å². The van der Waals surface area contributed by atoms with Gasteiger partial charge in [-0.2, -0.15) is 5.26 Å². The van der Waals surface area contributed by atoms with Gasteiger partial charge in [0, 0.05) is 55.6 Å². The summed E-state index contributed by atoms with van der Waals surface area (Å²) in [7, 11) is 0. The summed E-state index contributed by atoms with van der Waals surface area (Å²) in [6.45, 7) is 6.76. The largest absolute Gasteiger partial charge is 0.373 e. The first-order valence-corrected chi connectivity index (χ1v) is 12.4. The molecule has 9 heteroatoms. The predicted molar refractivity (Wildman–Crippen MR) is 141 cm³/mol. The van der Waals surface area contributed by atoms with Crippen molar-refractivity contribution in [2.24, 2.45) is 0 Å². The van der Waals surface area contributed by atoms with Crippen molar-refractivity contribution < 1.29 is 14.4 Å². The third kappa shape index (κ3) is 5.21. The van der Waals surface area contributed by atoms with Crippen LogP contribution in [0.3, 0.4) is 0 Å². The number of anilines is 3. The van der Waals surface area contributed by atoms with Crippen LogP contribution in [0.1, 0.15) is 34.2 Å². The van der Waals surface area contributed by atoms with Crippen molar-refractivity contribution in [2.75, 3.05) is 41.7 Å². The number of rotatable bonds is 6. The summed E-state index contributed by atoms with van der Waals surface area (Å²) in [5.41, 5.74) is 5.67. The third-order valence-electron chi connectivity index (χ3n) is 7.04. The zero-order valence-corrected chi connectivity index (χ0v) is 20.9. The second-order valence-corrected chi connectivity index (χ2v) is 9.41. The van der Waals surface area contributed by atoms with Gasteiger partial charge in [-0.1, -0.05) is 29.4 Å². The molecule has 2 unspecified atom stereocenters. The van der Waals surface area contributed by atoms with E-state index in [1.807, 2.05) is 50.3 Å². The van der Waals surface area contributed by atoms with Gasteiger partial charge in [-0.25, -0.2) is 0 Å². The first-order chi connectivity index (χ1) is 17.9. The predicted octanol–water partition coefficient (Wildman–Crippen LogP) is 3.51. The number of nitriles is 1. The third-order valence-corrected chi connectivity index (χ3v) is 7.04. The normalized spacial score (nSPS) is 18.5. The molecule has 2 aliphatic rings. The van der Waals surface area contributed by atoms with E-state index < -0.39 is 6.23 Å². The highest BCUT2D eigenvalue weighted by Crippen LogP contribution is 2.33. The summed E-state index contributed by atoms with van der Waals surface area (Å²) in [4.78, 5) is 16.7. The molecule has 37 heavy (non-hydrogen) atoms. The lowest BCUT2D eigenvalue weighted by atomic mass is 10.0. The number of hydrogen-bond donors (Lipinski definition) is 3. The maximum atomic E-state index is 12.1. The topological polar surface area (TPSA) is 118 Å². The molecule has 0 bridgehead atoms. The smallest absolute Gasteiger partial charge is 0.248 e. The summed E-state index contributed by atoms with van der Waals surface area (Å²) in [6, 6.07) is 15.8. The van der Waals surface area contributed by atoms with E-state index in [0.29, 0.717) is 23.4 Å². The second kappa shape index (κ2) is 10.5. The monoisotopic (exact) mass is 498 g/mol. The van der Waals surface area contributed by atoms with Gasteiger partial charge in [0.15, 0.2) is 0 Å². The number of para-hydroxylation sites is 1. The Balaban J connectivity index is 1.25. The number of carbonyl (C=O) groups excluding carboxylic acids is 1. The molecule has 3 heterocycles. The van der Waals surface area contributed by atoms with E-state index >= 15 is 0 Å². The number of piperazine rings is 1. The lowest BCUT2D eigenvalue weighted by molar-refractivity contribution is -0.111. The average molecular weight is 499 g/mol. The minimum absolute atomic E-state index is 0.0125. The van der Waals surface area contributed by atoms with Crippen molar-refractivity contribution >= 4 is 23.0 Å². The fraction of sp³-hybridized carbons (Fsp3) is 0.321. The number of carbonyl (C=O) groups is 1. The molecule has 1 aromatic heterocycles. The first-order valence-electron chi connectivity index (χ1n) is 12.4. The maximum Gasteiger partial charge on any atom is 0.248 e. The molecule has 9 nitrogen and oxygen atoms in total. The molecule has 3 N–H and O–H groups in total. The van der Waals surface area contributed by atoms with Crippen molar-refractivity contribution in [1.29, 1.82) is 5.26 Å². The SMILES string of the molecule is Cc1noc(C)c1CC(O)Nc1ccc(N2CCN(C3C=CC(=O)Nc4ccccc43)CC2)c(C#N)c1. The highest BCUT2D eigenvalue weighted by molar-refractivity contribution is 6.00. The van der Waals surface area contributed by atoms with Crippen LogP contribution in [0.15, 0.2) is 59.1 Å². The van der Waals surface area contributed by atoms with Gasteiger partial charge in [0.1, 0.15) is 18.1 Å². The van der Waals surface area contributed by atoms with Crippen molar-refractivity contribution in [3.05, 3.63) is 82.8 Å². The molecule has 0 spiro atoms. The number of nitrogens with zero attached hydrogens (tertiary/aromatic N) is 4. The molecule has 1 fully saturated rings. The zero-order valence-electron chi connectivity index (χ0n) is 20.9. The Morgan fingerprint density at radius 3 is 2.73 bits per heavy atom. The van der Waals surface area contributed by atoms with E-state index in [9.17, 15) is 15.2 Å². The molecule has 0 saturated carbocycles. The number of nitrogens with one attached hydrogen (secondary N) is 2. The second-order valence-electron chi connectivity index (χ2n) is 9.41. The van der Waals surface area contributed by atoms with Gasteiger partial charge in [0.05, 0.1) is 23.0 Å². The number of aliphatic hydroxyl groups is 1. The molecule has 5 rings (SSSR count). The molecule has 2 aromatic carbocycles. The van der Waals surface area contributed by atoms with Gasteiger partial charge >= 0.3 is 0 Å². The molecule has 2 atom stereocenters. The van der Waals surface area contributed by atoms with Gasteiger partial charge in [-0.3, -0.25) is 9.69 Å². The molecule has 3 aromatic rings. The Hall–Kier alpha value is -4.13. The number of aliphatic hydroxyl groups excluding tert-OH is 1. The van der Waals surface area contributed by atoms with E-state index in [-0.39, 0.29) is 11.9 Å². The standard InChI is InChI=1S/C28H30N6O3/c1-18-23(19(2)37-32-18)16-28(36)30-21-7-8-25(20(15-21)17-29)33-11-13-34(14-12-33)26-9-10-27(35)31-24-6-4-3-5-22(24)26/h3-10,15,26,28,30,36H,11-14,16H2,1-2H3,(H,31,35). The highest BCUT2D eigenvalue weighted by Gasteiger charge is 2.28. The van der Waals surface area contributed by atoms with Crippen LogP contribution in [0.4, 0.5) is 17.1 Å². The van der Waals surface area contributed by atoms with Crippen LogP contribution in [0.5, 0.6) is 0 Å². The van der Waals surface area contributed by atoms with E-state index in [0.717, 1.165) is 54.4 Å². The van der Waals surface area contributed by atoms with Gasteiger partial charge in [0.2, 0.25) is 5.91 Å². The Labute approximate surface area is 216 Å². The van der Waals surface area contributed by atoms with Crippen LogP contribution >= 0.6 is 0 Å². The van der Waals surface area contributed by atoms with Gasteiger partial charge < -0.3 is 25.2 Å². The number of hydrogen-bond acceptors (Lipinski definition) is 8. The van der Waals surface area contributed by atoms with Crippen LogP contribution in [-0.2, 0) is 11.2 Å². The van der Waals surface area contributed by atoms with Crippen LogP contribution < -0.4 is 15.5 Å². The quantitative estimate of drug-likeness (QED) is 0.442. The average Bonchev–Trinajstić information content (AvgIpc) is 3.11. The summed E-state index contributed by atoms with van der Waals surface area (Å²) in [6.07, 6.45) is 3.09. The fourth-order valence-corrected chi connectivity index (χ4v) is 5.11. The molecule has 1 saturated heterocycles. The van der Waals surface area contributed by atoms with E-state index in [2.05, 4.69) is 37.7 Å². The maximum absolute atomic E-state index is 12.1. The van der Waals surface area contributed by atoms with Crippen LogP contribution in [0.25, 0.3) is 0 Å². The Morgan fingerprint density at radius 2 is 2.00 bits per heavy atom. The van der Waals surface area contributed by atoms with Gasteiger partial charge in [0.25, 0.3) is 0 Å². The summed E-state index contributed by atoms with van der Waals surface area (Å²) in [5.74, 6) is 0.578. The number of amides is 1. The van der Waals surface area contributed by atoms with Crippen molar-refractivity contribution in [3.8, 4) is 6.07 Å². The van der Waals surface area contributed by atoms with Crippen LogP contribution in [0.2, 0.25) is 0 Å². The first kappa shape index (κ1) is 24.6. The minimum Gasteiger partial charge on any atom is -0.373 e. The number of fused-ring (bicyclic) bond motifs is 1. The summed E-state index contributed by atoms with van der Waals surface area (Å²) in [5, 5.41) is 30.4. The fourth-order valence-electron chi connectivity index (χ4n) is 5.11. The Kier molecular flexibility index (Phi) is 6.95. The summed E-state index contributed by atoms with van der Waals surface area (Å²) < 4.78 is 5.18. The zero-order chi connectivity index (χ0) is 25.9. The Morgan fingerprint density at radius 1 is 1.22 bits per heavy atom. The Bertz CT molecular complexity index is 1350. The van der Waals surface area contributed by atoms with Crippen LogP contribution in [-0.4, -0.2) is 53.5 Å². The number of aromatic nitrogens is 1. The van der Waals surface area contributed by atoms with Crippen molar-refractivity contribution in [3.63, 3.8) is 0 Å². The van der Waals surface area contributed by atoms with E-state index in [4.69, 9.17) is 4.52 Å². The van der Waals surface area contributed by atoms with Crippen LogP contribution in [0, 0.1) is 25.2 Å². The highest BCUT2D eigenvalue weighted by atomic mass is 16.5. The van der Waals surface area contributed by atoms with Crippen molar-refractivity contribution in [1.82, 2.24) is 10.1 Å². The van der Waals surface area contributed by atoms with E-state index in [1.54, 1.807) is 12.1 Å².